The third-order valence-corrected chi connectivity index (χ3v) is 5.24. The van der Waals surface area contributed by atoms with E-state index < -0.39 is 0 Å². The molecule has 1 aromatic heterocycles. The largest absolute Gasteiger partial charge is 0.379 e. The molecule has 0 aliphatic heterocycles. The van der Waals surface area contributed by atoms with Crippen molar-refractivity contribution in [2.24, 2.45) is 17.8 Å². The smallest absolute Gasteiger partial charge is 0.291 e. The van der Waals surface area contributed by atoms with Crippen molar-refractivity contribution in [2.45, 2.75) is 52.0 Å². The maximum absolute atomic E-state index is 12.5. The zero-order chi connectivity index (χ0) is 14.8. The SMILES string of the molecule is CC1CCCCC1CNc1c(Cl)cnn(CC2CC2)c1=O. The first-order valence-corrected chi connectivity index (χ1v) is 8.52. The van der Waals surface area contributed by atoms with Crippen LogP contribution in [-0.4, -0.2) is 16.3 Å². The molecule has 0 amide bonds. The quantitative estimate of drug-likeness (QED) is 0.905. The first kappa shape index (κ1) is 14.9. The summed E-state index contributed by atoms with van der Waals surface area (Å²) in [6, 6.07) is 0. The number of nitrogens with zero attached hydrogens (tertiary/aromatic N) is 2. The van der Waals surface area contributed by atoms with Crippen LogP contribution >= 0.6 is 11.6 Å². The summed E-state index contributed by atoms with van der Waals surface area (Å²) < 4.78 is 1.57. The highest BCUT2D eigenvalue weighted by Gasteiger charge is 2.24. The Hall–Kier alpha value is -1.03. The van der Waals surface area contributed by atoms with Crippen LogP contribution in [0.25, 0.3) is 0 Å². The van der Waals surface area contributed by atoms with E-state index in [4.69, 9.17) is 11.6 Å². The van der Waals surface area contributed by atoms with Gasteiger partial charge >= 0.3 is 0 Å². The Kier molecular flexibility index (Phi) is 4.53. The predicted molar refractivity (Wildman–Crippen MR) is 85.8 cm³/mol. The maximum Gasteiger partial charge on any atom is 0.291 e. The third kappa shape index (κ3) is 3.60. The van der Waals surface area contributed by atoms with Gasteiger partial charge in [0.2, 0.25) is 0 Å². The second kappa shape index (κ2) is 6.39. The van der Waals surface area contributed by atoms with Gasteiger partial charge in [-0.15, -0.1) is 0 Å². The molecule has 21 heavy (non-hydrogen) atoms. The van der Waals surface area contributed by atoms with Crippen molar-refractivity contribution < 1.29 is 0 Å². The van der Waals surface area contributed by atoms with Gasteiger partial charge in [0.1, 0.15) is 5.69 Å². The summed E-state index contributed by atoms with van der Waals surface area (Å²) >= 11 is 6.17. The van der Waals surface area contributed by atoms with E-state index in [1.54, 1.807) is 10.9 Å². The van der Waals surface area contributed by atoms with Crippen LogP contribution in [0.15, 0.2) is 11.0 Å². The van der Waals surface area contributed by atoms with E-state index in [1.165, 1.54) is 38.5 Å². The van der Waals surface area contributed by atoms with E-state index in [0.29, 0.717) is 22.5 Å². The highest BCUT2D eigenvalue weighted by atomic mass is 35.5. The molecule has 3 rings (SSSR count). The minimum absolute atomic E-state index is 0.0714. The minimum Gasteiger partial charge on any atom is -0.379 e. The zero-order valence-electron chi connectivity index (χ0n) is 12.6. The minimum atomic E-state index is -0.0714. The number of aromatic nitrogens is 2. The van der Waals surface area contributed by atoms with Gasteiger partial charge < -0.3 is 5.32 Å². The van der Waals surface area contributed by atoms with E-state index in [1.807, 2.05) is 0 Å². The lowest BCUT2D eigenvalue weighted by molar-refractivity contribution is 0.268. The van der Waals surface area contributed by atoms with Crippen LogP contribution in [0.1, 0.15) is 45.4 Å². The van der Waals surface area contributed by atoms with Crippen LogP contribution in [0.4, 0.5) is 5.69 Å². The Morgan fingerprint density at radius 3 is 2.81 bits per heavy atom. The first-order chi connectivity index (χ1) is 10.1. The Morgan fingerprint density at radius 2 is 2.10 bits per heavy atom. The molecular weight excluding hydrogens is 286 g/mol. The van der Waals surface area contributed by atoms with E-state index in [0.717, 1.165) is 19.0 Å². The molecule has 2 atom stereocenters. The van der Waals surface area contributed by atoms with Gasteiger partial charge in [-0.3, -0.25) is 4.79 Å². The summed E-state index contributed by atoms with van der Waals surface area (Å²) in [5, 5.41) is 7.91. The molecule has 4 nitrogen and oxygen atoms in total. The fourth-order valence-electron chi connectivity index (χ4n) is 3.23. The molecule has 1 heterocycles. The van der Waals surface area contributed by atoms with E-state index in [-0.39, 0.29) is 5.56 Å². The summed E-state index contributed by atoms with van der Waals surface area (Å²) in [5.74, 6) is 1.99. The Bertz CT molecular complexity index is 553. The van der Waals surface area contributed by atoms with Gasteiger partial charge in [0.25, 0.3) is 5.56 Å². The number of rotatable bonds is 5. The molecule has 1 aromatic rings. The summed E-state index contributed by atoms with van der Waals surface area (Å²) in [4.78, 5) is 12.5. The molecule has 2 saturated carbocycles. The summed E-state index contributed by atoms with van der Waals surface area (Å²) in [5.41, 5.74) is 0.461. The van der Waals surface area contributed by atoms with Crippen LogP contribution in [0.3, 0.4) is 0 Å². The summed E-state index contributed by atoms with van der Waals surface area (Å²) in [6.07, 6.45) is 9.18. The highest BCUT2D eigenvalue weighted by molar-refractivity contribution is 6.32. The average molecular weight is 310 g/mol. The lowest BCUT2D eigenvalue weighted by atomic mass is 9.80. The Morgan fingerprint density at radius 1 is 1.33 bits per heavy atom. The van der Waals surface area contributed by atoms with E-state index in [9.17, 15) is 4.79 Å². The van der Waals surface area contributed by atoms with Crippen LogP contribution < -0.4 is 10.9 Å². The molecule has 0 saturated heterocycles. The maximum atomic E-state index is 12.5. The van der Waals surface area contributed by atoms with Gasteiger partial charge in [-0.2, -0.15) is 5.10 Å². The second-order valence-electron chi connectivity index (χ2n) is 6.70. The summed E-state index contributed by atoms with van der Waals surface area (Å²) in [7, 11) is 0. The fourth-order valence-corrected chi connectivity index (χ4v) is 3.42. The van der Waals surface area contributed by atoms with Crippen molar-refractivity contribution in [3.8, 4) is 0 Å². The van der Waals surface area contributed by atoms with Crippen LogP contribution in [0.2, 0.25) is 5.02 Å². The topological polar surface area (TPSA) is 46.9 Å². The number of nitrogens with one attached hydrogen (secondary N) is 1. The lowest BCUT2D eigenvalue weighted by Crippen LogP contribution is -2.30. The fraction of sp³-hybridized carbons (Fsp3) is 0.750. The van der Waals surface area contributed by atoms with Gasteiger partial charge in [0, 0.05) is 13.1 Å². The number of halogens is 1. The van der Waals surface area contributed by atoms with E-state index in [2.05, 4.69) is 17.3 Å². The molecule has 0 aromatic carbocycles. The van der Waals surface area contributed by atoms with Gasteiger partial charge in [-0.05, 0) is 37.0 Å². The van der Waals surface area contributed by atoms with Crippen molar-refractivity contribution in [3.63, 3.8) is 0 Å². The molecule has 2 aliphatic rings. The van der Waals surface area contributed by atoms with Gasteiger partial charge in [-0.25, -0.2) is 4.68 Å². The van der Waals surface area contributed by atoms with E-state index >= 15 is 0 Å². The molecular formula is C16H24ClN3O. The van der Waals surface area contributed by atoms with Crippen molar-refractivity contribution in [1.82, 2.24) is 9.78 Å². The molecule has 2 unspecified atom stereocenters. The first-order valence-electron chi connectivity index (χ1n) is 8.14. The molecule has 0 radical (unpaired) electrons. The van der Waals surface area contributed by atoms with Crippen molar-refractivity contribution in [3.05, 3.63) is 21.6 Å². The molecule has 2 aliphatic carbocycles. The highest BCUT2D eigenvalue weighted by Crippen LogP contribution is 2.31. The van der Waals surface area contributed by atoms with Crippen molar-refractivity contribution >= 4 is 17.3 Å². The Labute approximate surface area is 130 Å². The zero-order valence-corrected chi connectivity index (χ0v) is 13.4. The molecule has 116 valence electrons. The van der Waals surface area contributed by atoms with Crippen LogP contribution in [0, 0.1) is 17.8 Å². The standard InChI is InChI=1S/C16H24ClN3O/c1-11-4-2-3-5-13(11)8-18-15-14(17)9-19-20(16(15)21)10-12-6-7-12/h9,11-13,18H,2-8,10H2,1H3. The molecule has 5 heteroatoms. The van der Waals surface area contributed by atoms with Crippen LogP contribution in [0.5, 0.6) is 0 Å². The van der Waals surface area contributed by atoms with Crippen LogP contribution in [-0.2, 0) is 6.54 Å². The molecule has 2 fully saturated rings. The van der Waals surface area contributed by atoms with Gasteiger partial charge in [-0.1, -0.05) is 37.8 Å². The third-order valence-electron chi connectivity index (χ3n) is 4.96. The van der Waals surface area contributed by atoms with Crippen molar-refractivity contribution in [2.75, 3.05) is 11.9 Å². The normalized spacial score (nSPS) is 25.8. The molecule has 1 N–H and O–H groups in total. The summed E-state index contributed by atoms with van der Waals surface area (Å²) in [6.45, 7) is 3.87. The monoisotopic (exact) mass is 309 g/mol. The van der Waals surface area contributed by atoms with Gasteiger partial charge in [0.05, 0.1) is 11.2 Å². The Balaban J connectivity index is 1.70. The molecule has 0 bridgehead atoms. The molecule has 0 spiro atoms. The number of hydrogen-bond donors (Lipinski definition) is 1. The second-order valence-corrected chi connectivity index (χ2v) is 7.11. The number of hydrogen-bond acceptors (Lipinski definition) is 3. The van der Waals surface area contributed by atoms with Gasteiger partial charge in [0.15, 0.2) is 0 Å². The number of anilines is 1. The van der Waals surface area contributed by atoms with Crippen molar-refractivity contribution in [1.29, 1.82) is 0 Å². The lowest BCUT2D eigenvalue weighted by Gasteiger charge is -2.29. The predicted octanol–water partition coefficient (Wildman–Crippen LogP) is 3.54. The average Bonchev–Trinajstić information content (AvgIpc) is 3.28.